The number of phenolic OH excluding ortho intramolecular Hbond substituents is 1. The summed E-state index contributed by atoms with van der Waals surface area (Å²) in [5.74, 6) is 0.849. The molecule has 1 amide bonds. The molecule has 6 nitrogen and oxygen atoms in total. The second-order valence-electron chi connectivity index (χ2n) is 7.91. The van der Waals surface area contributed by atoms with Gasteiger partial charge in [-0.1, -0.05) is 6.07 Å². The van der Waals surface area contributed by atoms with Gasteiger partial charge >= 0.3 is 0 Å². The number of benzene rings is 1. The Hall–Kier alpha value is -1.79. The third kappa shape index (κ3) is 4.30. The van der Waals surface area contributed by atoms with E-state index in [0.717, 1.165) is 51.0 Å². The van der Waals surface area contributed by atoms with Crippen LogP contribution in [0.15, 0.2) is 18.2 Å². The van der Waals surface area contributed by atoms with Crippen molar-refractivity contribution in [3.8, 4) is 11.5 Å². The van der Waals surface area contributed by atoms with Gasteiger partial charge in [-0.25, -0.2) is 0 Å². The van der Waals surface area contributed by atoms with Crippen molar-refractivity contribution in [2.24, 2.45) is 5.41 Å². The van der Waals surface area contributed by atoms with E-state index in [9.17, 15) is 15.0 Å². The molecule has 1 atom stereocenters. The van der Waals surface area contributed by atoms with Crippen LogP contribution in [-0.2, 0) is 11.3 Å². The number of amides is 1. The Morgan fingerprint density at radius 1 is 1.27 bits per heavy atom. The number of ether oxygens (including phenoxy) is 1. The van der Waals surface area contributed by atoms with E-state index in [2.05, 4.69) is 4.90 Å². The maximum absolute atomic E-state index is 12.1. The topological polar surface area (TPSA) is 73.2 Å². The highest BCUT2D eigenvalue weighted by atomic mass is 16.5. The van der Waals surface area contributed by atoms with Crippen molar-refractivity contribution in [1.82, 2.24) is 9.80 Å². The highest BCUT2D eigenvalue weighted by molar-refractivity contribution is 5.77. The number of phenols is 1. The van der Waals surface area contributed by atoms with Crippen LogP contribution < -0.4 is 4.74 Å². The van der Waals surface area contributed by atoms with E-state index in [0.29, 0.717) is 18.7 Å². The highest BCUT2D eigenvalue weighted by Crippen LogP contribution is 2.40. The molecule has 144 valence electrons. The Labute approximate surface area is 155 Å². The molecule has 3 rings (SSSR count). The van der Waals surface area contributed by atoms with E-state index in [1.165, 1.54) is 0 Å². The molecule has 1 aromatic carbocycles. The lowest BCUT2D eigenvalue weighted by Crippen LogP contribution is -2.52. The summed E-state index contributed by atoms with van der Waals surface area (Å²) in [6.45, 7) is 5.74. The average Bonchev–Trinajstić information content (AvgIpc) is 2.60. The van der Waals surface area contributed by atoms with Crippen LogP contribution in [0.25, 0.3) is 0 Å². The monoisotopic (exact) mass is 362 g/mol. The standard InChI is InChI=1S/C20H30N2O4/c1-15(23)12-22-14-20(6-5-19(22)25)7-9-21(10-8-20)13-16-3-4-18(26-2)17(24)11-16/h3-4,11,15,23-24H,5-10,12-14H2,1-2H3/t15-/m0/s1. The molecule has 2 aliphatic rings. The Kier molecular flexibility index (Phi) is 5.73. The maximum Gasteiger partial charge on any atom is 0.222 e. The molecule has 26 heavy (non-hydrogen) atoms. The number of hydrogen-bond donors (Lipinski definition) is 2. The Morgan fingerprint density at radius 3 is 2.62 bits per heavy atom. The predicted octanol–water partition coefficient (Wildman–Crippen LogP) is 1.99. The van der Waals surface area contributed by atoms with Gasteiger partial charge in [-0.15, -0.1) is 0 Å². The van der Waals surface area contributed by atoms with E-state index in [1.807, 2.05) is 11.0 Å². The van der Waals surface area contributed by atoms with Crippen LogP contribution in [0.3, 0.4) is 0 Å². The maximum atomic E-state index is 12.1. The molecule has 6 heteroatoms. The van der Waals surface area contributed by atoms with Gasteiger partial charge in [-0.2, -0.15) is 0 Å². The summed E-state index contributed by atoms with van der Waals surface area (Å²) >= 11 is 0. The number of hydrogen-bond acceptors (Lipinski definition) is 5. The molecule has 2 N–H and O–H groups in total. The van der Waals surface area contributed by atoms with E-state index in [1.54, 1.807) is 26.2 Å². The van der Waals surface area contributed by atoms with E-state index < -0.39 is 6.10 Å². The minimum absolute atomic E-state index is 0.174. The van der Waals surface area contributed by atoms with E-state index in [4.69, 9.17) is 4.74 Å². The number of likely N-dealkylation sites (tertiary alicyclic amines) is 2. The molecule has 1 spiro atoms. The van der Waals surface area contributed by atoms with Gasteiger partial charge in [0.2, 0.25) is 5.91 Å². The van der Waals surface area contributed by atoms with Gasteiger partial charge in [0.1, 0.15) is 0 Å². The van der Waals surface area contributed by atoms with Gasteiger partial charge in [0.05, 0.1) is 13.2 Å². The Bertz CT molecular complexity index is 639. The van der Waals surface area contributed by atoms with Crippen LogP contribution in [0.2, 0.25) is 0 Å². The Morgan fingerprint density at radius 2 is 2.00 bits per heavy atom. The summed E-state index contributed by atoms with van der Waals surface area (Å²) in [6.07, 6.45) is 3.22. The largest absolute Gasteiger partial charge is 0.504 e. The van der Waals surface area contributed by atoms with Crippen molar-refractivity contribution in [3.63, 3.8) is 0 Å². The first-order valence-corrected chi connectivity index (χ1v) is 9.45. The summed E-state index contributed by atoms with van der Waals surface area (Å²) in [7, 11) is 1.55. The van der Waals surface area contributed by atoms with Crippen LogP contribution in [0.1, 0.15) is 38.2 Å². The van der Waals surface area contributed by atoms with E-state index in [-0.39, 0.29) is 17.1 Å². The normalized spacial score (nSPS) is 21.8. The van der Waals surface area contributed by atoms with Crippen LogP contribution in [-0.4, -0.2) is 65.3 Å². The number of nitrogens with zero attached hydrogens (tertiary/aromatic N) is 2. The van der Waals surface area contributed by atoms with Crippen molar-refractivity contribution in [3.05, 3.63) is 23.8 Å². The molecule has 2 fully saturated rings. The fourth-order valence-electron chi connectivity index (χ4n) is 4.27. The zero-order chi connectivity index (χ0) is 18.7. The first-order valence-electron chi connectivity index (χ1n) is 9.45. The first kappa shape index (κ1) is 19.0. The minimum Gasteiger partial charge on any atom is -0.504 e. The number of methoxy groups -OCH3 is 1. The summed E-state index contributed by atoms with van der Waals surface area (Å²) < 4.78 is 5.10. The van der Waals surface area contributed by atoms with Crippen molar-refractivity contribution < 1.29 is 19.7 Å². The molecule has 0 radical (unpaired) electrons. The first-order chi connectivity index (χ1) is 12.4. The lowest BCUT2D eigenvalue weighted by atomic mass is 9.72. The summed E-state index contributed by atoms with van der Waals surface area (Å²) in [6, 6.07) is 5.57. The second-order valence-corrected chi connectivity index (χ2v) is 7.91. The van der Waals surface area contributed by atoms with Crippen LogP contribution >= 0.6 is 0 Å². The third-order valence-electron chi connectivity index (χ3n) is 5.80. The molecular formula is C20H30N2O4. The highest BCUT2D eigenvalue weighted by Gasteiger charge is 2.41. The molecule has 0 aliphatic carbocycles. The summed E-state index contributed by atoms with van der Waals surface area (Å²) in [5.41, 5.74) is 1.27. The quantitative estimate of drug-likeness (QED) is 0.838. The van der Waals surface area contributed by atoms with Crippen molar-refractivity contribution in [1.29, 1.82) is 0 Å². The third-order valence-corrected chi connectivity index (χ3v) is 5.80. The molecule has 1 aromatic rings. The lowest BCUT2D eigenvalue weighted by Gasteiger charge is -2.47. The number of rotatable bonds is 5. The van der Waals surface area contributed by atoms with Gasteiger partial charge < -0.3 is 19.8 Å². The van der Waals surface area contributed by atoms with Crippen LogP contribution in [0, 0.1) is 5.41 Å². The van der Waals surface area contributed by atoms with Gasteiger partial charge in [0.25, 0.3) is 0 Å². The van der Waals surface area contributed by atoms with Crippen LogP contribution in [0.4, 0.5) is 0 Å². The summed E-state index contributed by atoms with van der Waals surface area (Å²) in [5, 5.41) is 19.6. The lowest BCUT2D eigenvalue weighted by molar-refractivity contribution is -0.140. The average molecular weight is 362 g/mol. The number of aromatic hydroxyl groups is 1. The molecule has 2 heterocycles. The smallest absolute Gasteiger partial charge is 0.222 e. The minimum atomic E-state index is -0.475. The number of aliphatic hydroxyl groups excluding tert-OH is 1. The summed E-state index contributed by atoms with van der Waals surface area (Å²) in [4.78, 5) is 16.4. The molecule has 2 saturated heterocycles. The molecular weight excluding hydrogens is 332 g/mol. The van der Waals surface area contributed by atoms with Gasteiger partial charge in [0, 0.05) is 26.1 Å². The molecule has 0 aromatic heterocycles. The van der Waals surface area contributed by atoms with Crippen molar-refractivity contribution >= 4 is 5.91 Å². The second kappa shape index (κ2) is 7.84. The zero-order valence-electron chi connectivity index (χ0n) is 15.8. The number of β-amino-alcohol motifs (C(OH)–C–C–N with tert-alkyl or cyclic N) is 1. The fraction of sp³-hybridized carbons (Fsp3) is 0.650. The molecule has 0 bridgehead atoms. The van der Waals surface area contributed by atoms with Crippen LogP contribution in [0.5, 0.6) is 11.5 Å². The van der Waals surface area contributed by atoms with Crippen molar-refractivity contribution in [2.45, 2.75) is 45.3 Å². The van der Waals surface area contributed by atoms with E-state index >= 15 is 0 Å². The molecule has 2 aliphatic heterocycles. The molecule has 0 saturated carbocycles. The number of piperidine rings is 2. The fourth-order valence-corrected chi connectivity index (χ4v) is 4.27. The van der Waals surface area contributed by atoms with Gasteiger partial charge in [-0.05, 0) is 62.4 Å². The van der Waals surface area contributed by atoms with Crippen molar-refractivity contribution in [2.75, 3.05) is 33.3 Å². The Balaban J connectivity index is 1.57. The SMILES string of the molecule is COc1ccc(CN2CCC3(CCC(=O)N(C[C@H](C)O)C3)CC2)cc1O. The van der Waals surface area contributed by atoms with Gasteiger partial charge in [0.15, 0.2) is 11.5 Å². The zero-order valence-corrected chi connectivity index (χ0v) is 15.8. The number of carbonyl (C=O) groups is 1. The molecule has 0 unspecified atom stereocenters. The predicted molar refractivity (Wildman–Crippen MR) is 99.1 cm³/mol. The van der Waals surface area contributed by atoms with Gasteiger partial charge in [-0.3, -0.25) is 9.69 Å². The number of carbonyl (C=O) groups excluding carboxylic acids is 1. The number of aliphatic hydroxyl groups is 1.